The van der Waals surface area contributed by atoms with Crippen molar-refractivity contribution in [2.24, 2.45) is 0 Å². The second-order valence-corrected chi connectivity index (χ2v) is 5.35. The van der Waals surface area contributed by atoms with Crippen LogP contribution in [0.3, 0.4) is 0 Å². The highest BCUT2D eigenvalue weighted by molar-refractivity contribution is 9.10. The van der Waals surface area contributed by atoms with E-state index >= 15 is 0 Å². The molecule has 82 valence electrons. The first-order chi connectivity index (χ1) is 7.75. The highest BCUT2D eigenvalue weighted by Gasteiger charge is 1.99. The lowest BCUT2D eigenvalue weighted by molar-refractivity contribution is 1.36. The highest BCUT2D eigenvalue weighted by Crippen LogP contribution is 2.27. The van der Waals surface area contributed by atoms with Crippen LogP contribution in [0.4, 0.5) is 5.69 Å². The predicted octanol–water partition coefficient (Wildman–Crippen LogP) is 4.32. The van der Waals surface area contributed by atoms with Gasteiger partial charge in [-0.25, -0.2) is 0 Å². The van der Waals surface area contributed by atoms with Gasteiger partial charge < -0.3 is 5.73 Å². The van der Waals surface area contributed by atoms with Gasteiger partial charge in [-0.15, -0.1) is 11.8 Å². The number of anilines is 1. The maximum absolute atomic E-state index is 5.64. The van der Waals surface area contributed by atoms with Crippen LogP contribution in [0, 0.1) is 0 Å². The fourth-order valence-electron chi connectivity index (χ4n) is 1.34. The second-order valence-electron chi connectivity index (χ2n) is 3.45. The van der Waals surface area contributed by atoms with Crippen molar-refractivity contribution in [1.82, 2.24) is 0 Å². The fraction of sp³-hybridized carbons (Fsp3) is 0.0769. The van der Waals surface area contributed by atoms with Gasteiger partial charge in [-0.05, 0) is 35.9 Å². The molecule has 0 bridgehead atoms. The minimum atomic E-state index is 0.810. The summed E-state index contributed by atoms with van der Waals surface area (Å²) in [5, 5.41) is 0. The minimum Gasteiger partial charge on any atom is -0.399 e. The number of thioether (sulfide) groups is 1. The summed E-state index contributed by atoms with van der Waals surface area (Å²) < 4.78 is 1.16. The Hall–Kier alpha value is -0.930. The van der Waals surface area contributed by atoms with E-state index in [1.807, 2.05) is 30.0 Å². The molecule has 0 heterocycles. The molecule has 0 aliphatic rings. The van der Waals surface area contributed by atoms with Crippen LogP contribution >= 0.6 is 27.7 Å². The first kappa shape index (κ1) is 11.6. The third-order valence-electron chi connectivity index (χ3n) is 2.23. The molecule has 16 heavy (non-hydrogen) atoms. The van der Waals surface area contributed by atoms with Crippen LogP contribution < -0.4 is 5.73 Å². The molecule has 2 rings (SSSR count). The number of hydrogen-bond acceptors (Lipinski definition) is 2. The Morgan fingerprint density at radius 3 is 2.38 bits per heavy atom. The second kappa shape index (κ2) is 5.41. The Bertz CT molecular complexity index is 468. The maximum Gasteiger partial charge on any atom is 0.0314 e. The summed E-state index contributed by atoms with van der Waals surface area (Å²) in [7, 11) is 0. The van der Waals surface area contributed by atoms with Crippen molar-refractivity contribution in [2.45, 2.75) is 10.6 Å². The SMILES string of the molecule is Nc1ccc(SCc2ccccc2Br)cc1. The van der Waals surface area contributed by atoms with E-state index in [-0.39, 0.29) is 0 Å². The third-order valence-corrected chi connectivity index (χ3v) is 4.07. The Morgan fingerprint density at radius 1 is 1.00 bits per heavy atom. The molecular weight excluding hydrogens is 282 g/mol. The van der Waals surface area contributed by atoms with Crippen LogP contribution in [0.5, 0.6) is 0 Å². The largest absolute Gasteiger partial charge is 0.399 e. The molecule has 2 N–H and O–H groups in total. The van der Waals surface area contributed by atoms with Crippen molar-refractivity contribution in [3.05, 3.63) is 58.6 Å². The molecule has 0 fully saturated rings. The summed E-state index contributed by atoms with van der Waals surface area (Å²) in [5.41, 5.74) is 7.76. The Balaban J connectivity index is 2.02. The topological polar surface area (TPSA) is 26.0 Å². The molecule has 0 aliphatic carbocycles. The van der Waals surface area contributed by atoms with Gasteiger partial charge in [0, 0.05) is 20.8 Å². The summed E-state index contributed by atoms with van der Waals surface area (Å²) in [5.74, 6) is 0.964. The van der Waals surface area contributed by atoms with Gasteiger partial charge in [0.1, 0.15) is 0 Å². The van der Waals surface area contributed by atoms with Gasteiger partial charge in [-0.3, -0.25) is 0 Å². The minimum absolute atomic E-state index is 0.810. The zero-order valence-corrected chi connectivity index (χ0v) is 11.1. The van der Waals surface area contributed by atoms with E-state index in [4.69, 9.17) is 5.73 Å². The van der Waals surface area contributed by atoms with Gasteiger partial charge >= 0.3 is 0 Å². The predicted molar refractivity (Wildman–Crippen MR) is 74.6 cm³/mol. The molecule has 0 amide bonds. The van der Waals surface area contributed by atoms with Crippen LogP contribution in [0.15, 0.2) is 57.9 Å². The molecular formula is C13H12BrNS. The lowest BCUT2D eigenvalue weighted by Gasteiger charge is -2.04. The lowest BCUT2D eigenvalue weighted by atomic mass is 10.2. The quantitative estimate of drug-likeness (QED) is 0.674. The molecule has 0 unspecified atom stereocenters. The first-order valence-electron chi connectivity index (χ1n) is 4.97. The lowest BCUT2D eigenvalue weighted by Crippen LogP contribution is -1.84. The monoisotopic (exact) mass is 293 g/mol. The molecule has 2 aromatic rings. The number of nitrogen functional groups attached to an aromatic ring is 1. The summed E-state index contributed by atoms with van der Waals surface area (Å²) in [6.07, 6.45) is 0. The van der Waals surface area contributed by atoms with E-state index in [2.05, 4.69) is 46.3 Å². The van der Waals surface area contributed by atoms with E-state index in [0.29, 0.717) is 0 Å². The van der Waals surface area contributed by atoms with Crippen molar-refractivity contribution in [2.75, 3.05) is 5.73 Å². The van der Waals surface area contributed by atoms with Crippen LogP contribution in [-0.4, -0.2) is 0 Å². The summed E-state index contributed by atoms with van der Waals surface area (Å²) in [6.45, 7) is 0. The van der Waals surface area contributed by atoms with E-state index in [0.717, 1.165) is 15.9 Å². The molecule has 0 aromatic heterocycles. The molecule has 0 spiro atoms. The van der Waals surface area contributed by atoms with Gasteiger partial charge in [0.05, 0.1) is 0 Å². The zero-order valence-electron chi connectivity index (χ0n) is 8.69. The van der Waals surface area contributed by atoms with Crippen LogP contribution in [0.25, 0.3) is 0 Å². The zero-order chi connectivity index (χ0) is 11.4. The van der Waals surface area contributed by atoms with Gasteiger partial charge in [0.15, 0.2) is 0 Å². The molecule has 1 nitrogen and oxygen atoms in total. The number of benzene rings is 2. The number of halogens is 1. The highest BCUT2D eigenvalue weighted by atomic mass is 79.9. The van der Waals surface area contributed by atoms with E-state index in [1.54, 1.807) is 0 Å². The summed E-state index contributed by atoms with van der Waals surface area (Å²) in [4.78, 5) is 1.24. The number of rotatable bonds is 3. The number of hydrogen-bond donors (Lipinski definition) is 1. The molecule has 0 saturated carbocycles. The van der Waals surface area contributed by atoms with E-state index in [1.165, 1.54) is 10.5 Å². The Kier molecular flexibility index (Phi) is 3.91. The first-order valence-corrected chi connectivity index (χ1v) is 6.75. The third kappa shape index (κ3) is 3.03. The average molecular weight is 294 g/mol. The fourth-order valence-corrected chi connectivity index (χ4v) is 2.85. The maximum atomic E-state index is 5.64. The van der Waals surface area contributed by atoms with Gasteiger partial charge in [-0.2, -0.15) is 0 Å². The van der Waals surface area contributed by atoms with Gasteiger partial charge in [0.2, 0.25) is 0 Å². The number of nitrogens with two attached hydrogens (primary N) is 1. The Labute approximate surface area is 108 Å². The molecule has 2 aromatic carbocycles. The molecule has 0 saturated heterocycles. The van der Waals surface area contributed by atoms with Gasteiger partial charge in [-0.1, -0.05) is 34.1 Å². The summed E-state index contributed by atoms with van der Waals surface area (Å²) >= 11 is 5.36. The standard InChI is InChI=1S/C13H12BrNS/c14-13-4-2-1-3-10(13)9-16-12-7-5-11(15)6-8-12/h1-8H,9,15H2. The Morgan fingerprint density at radius 2 is 1.69 bits per heavy atom. The van der Waals surface area contributed by atoms with Crippen molar-refractivity contribution < 1.29 is 0 Å². The smallest absolute Gasteiger partial charge is 0.0314 e. The van der Waals surface area contributed by atoms with Crippen LogP contribution in [0.1, 0.15) is 5.56 Å². The van der Waals surface area contributed by atoms with Crippen molar-refractivity contribution >= 4 is 33.4 Å². The van der Waals surface area contributed by atoms with Crippen LogP contribution in [0.2, 0.25) is 0 Å². The molecule has 0 aliphatic heterocycles. The van der Waals surface area contributed by atoms with Crippen molar-refractivity contribution in [3.8, 4) is 0 Å². The molecule has 0 atom stereocenters. The molecule has 3 heteroatoms. The van der Waals surface area contributed by atoms with E-state index < -0.39 is 0 Å². The summed E-state index contributed by atoms with van der Waals surface area (Å²) in [6, 6.07) is 16.3. The molecule has 0 radical (unpaired) electrons. The average Bonchev–Trinajstić information content (AvgIpc) is 2.30. The van der Waals surface area contributed by atoms with Crippen molar-refractivity contribution in [1.29, 1.82) is 0 Å². The van der Waals surface area contributed by atoms with Gasteiger partial charge in [0.25, 0.3) is 0 Å². The van der Waals surface area contributed by atoms with Crippen LogP contribution in [-0.2, 0) is 5.75 Å². The normalized spacial score (nSPS) is 10.3. The van der Waals surface area contributed by atoms with E-state index in [9.17, 15) is 0 Å². The van der Waals surface area contributed by atoms with Crippen molar-refractivity contribution in [3.63, 3.8) is 0 Å².